The molecule has 0 saturated carbocycles. The summed E-state index contributed by atoms with van der Waals surface area (Å²) in [5.74, 6) is 1.47. The van der Waals surface area contributed by atoms with Crippen molar-refractivity contribution in [2.24, 2.45) is 0 Å². The highest BCUT2D eigenvalue weighted by Gasteiger charge is 2.32. The number of hydrogen-bond acceptors (Lipinski definition) is 5. The van der Waals surface area contributed by atoms with E-state index < -0.39 is 0 Å². The molecule has 3 amide bonds. The van der Waals surface area contributed by atoms with Crippen molar-refractivity contribution < 1.29 is 23.8 Å². The summed E-state index contributed by atoms with van der Waals surface area (Å²) < 4.78 is 15.9. The lowest BCUT2D eigenvalue weighted by molar-refractivity contribution is -0.116. The van der Waals surface area contributed by atoms with Gasteiger partial charge in [-0.25, -0.2) is 4.79 Å². The maximum absolute atomic E-state index is 12.9. The van der Waals surface area contributed by atoms with E-state index in [1.54, 1.807) is 50.5 Å². The fraction of sp³-hybridized carbons (Fsp3) is 0.333. The second-order valence-corrected chi connectivity index (χ2v) is 6.65. The lowest BCUT2D eigenvalue weighted by Crippen LogP contribution is -2.37. The number of aryl methyl sites for hydroxylation is 1. The van der Waals surface area contributed by atoms with E-state index in [-0.39, 0.29) is 18.5 Å². The molecule has 1 fully saturated rings. The zero-order valence-electron chi connectivity index (χ0n) is 17.0. The van der Waals surface area contributed by atoms with Crippen LogP contribution in [-0.2, 0) is 4.79 Å². The number of carbonyl (C=O) groups is 2. The van der Waals surface area contributed by atoms with Crippen molar-refractivity contribution in [1.82, 2.24) is 4.90 Å². The first-order valence-corrected chi connectivity index (χ1v) is 9.19. The average molecular weight is 399 g/mol. The van der Waals surface area contributed by atoms with Gasteiger partial charge in [-0.2, -0.15) is 0 Å². The Morgan fingerprint density at radius 1 is 1.00 bits per heavy atom. The number of nitrogens with zero attached hydrogens (tertiary/aromatic N) is 2. The van der Waals surface area contributed by atoms with E-state index >= 15 is 0 Å². The van der Waals surface area contributed by atoms with Crippen LogP contribution in [0.1, 0.15) is 5.56 Å². The van der Waals surface area contributed by atoms with Gasteiger partial charge in [-0.1, -0.05) is 6.07 Å². The molecule has 1 aliphatic rings. The van der Waals surface area contributed by atoms with Crippen LogP contribution in [-0.4, -0.2) is 57.8 Å². The smallest absolute Gasteiger partial charge is 0.325 e. The molecule has 3 rings (SSSR count). The van der Waals surface area contributed by atoms with Crippen LogP contribution < -0.4 is 24.4 Å². The molecule has 0 unspecified atom stereocenters. The van der Waals surface area contributed by atoms with E-state index in [1.165, 1.54) is 4.90 Å². The summed E-state index contributed by atoms with van der Waals surface area (Å²) in [5.41, 5.74) is 2.19. The van der Waals surface area contributed by atoms with Crippen LogP contribution in [0.3, 0.4) is 0 Å². The van der Waals surface area contributed by atoms with Crippen molar-refractivity contribution in [3.05, 3.63) is 42.0 Å². The fourth-order valence-electron chi connectivity index (χ4n) is 3.24. The molecule has 0 spiro atoms. The van der Waals surface area contributed by atoms with Crippen LogP contribution in [0.15, 0.2) is 36.4 Å². The molecular weight excluding hydrogens is 374 g/mol. The summed E-state index contributed by atoms with van der Waals surface area (Å²) in [7, 11) is 4.66. The summed E-state index contributed by atoms with van der Waals surface area (Å²) in [6.45, 7) is 2.75. The van der Waals surface area contributed by atoms with Crippen molar-refractivity contribution in [1.29, 1.82) is 0 Å². The minimum absolute atomic E-state index is 0.0568. The Labute approximate surface area is 170 Å². The van der Waals surface area contributed by atoms with Crippen molar-refractivity contribution in [3.63, 3.8) is 0 Å². The van der Waals surface area contributed by atoms with E-state index in [4.69, 9.17) is 14.2 Å². The van der Waals surface area contributed by atoms with Gasteiger partial charge in [0, 0.05) is 19.2 Å². The van der Waals surface area contributed by atoms with E-state index in [0.29, 0.717) is 41.7 Å². The van der Waals surface area contributed by atoms with Gasteiger partial charge in [0.1, 0.15) is 23.8 Å². The van der Waals surface area contributed by atoms with Gasteiger partial charge in [0.2, 0.25) is 5.91 Å². The van der Waals surface area contributed by atoms with Gasteiger partial charge < -0.3 is 24.4 Å². The normalized spacial score (nSPS) is 13.4. The highest BCUT2D eigenvalue weighted by atomic mass is 16.5. The Kier molecular flexibility index (Phi) is 6.11. The van der Waals surface area contributed by atoms with E-state index in [0.717, 1.165) is 5.56 Å². The standard InChI is InChI=1S/C21H25N3O5/c1-14-5-7-18(28-3)16(11-14)22-20(25)13-23-9-10-24(21(23)26)17-12-15(27-2)6-8-19(17)29-4/h5-8,11-12H,9-10,13H2,1-4H3,(H,22,25). The third kappa shape index (κ3) is 4.37. The summed E-state index contributed by atoms with van der Waals surface area (Å²) in [6, 6.07) is 10.5. The number of amides is 3. The van der Waals surface area contributed by atoms with E-state index in [1.807, 2.05) is 19.1 Å². The van der Waals surface area contributed by atoms with Gasteiger partial charge in [0.05, 0.1) is 32.7 Å². The summed E-state index contributed by atoms with van der Waals surface area (Å²) in [6.07, 6.45) is 0. The molecule has 0 aliphatic carbocycles. The maximum Gasteiger partial charge on any atom is 0.325 e. The topological polar surface area (TPSA) is 80.3 Å². The zero-order valence-corrected chi connectivity index (χ0v) is 17.0. The Morgan fingerprint density at radius 3 is 2.41 bits per heavy atom. The largest absolute Gasteiger partial charge is 0.497 e. The van der Waals surface area contributed by atoms with E-state index in [2.05, 4.69) is 5.32 Å². The van der Waals surface area contributed by atoms with Crippen molar-refractivity contribution in [2.45, 2.75) is 6.92 Å². The second-order valence-electron chi connectivity index (χ2n) is 6.65. The lowest BCUT2D eigenvalue weighted by atomic mass is 10.2. The first-order chi connectivity index (χ1) is 14.0. The minimum Gasteiger partial charge on any atom is -0.497 e. The number of carbonyl (C=O) groups excluding carboxylic acids is 2. The molecule has 1 N–H and O–H groups in total. The highest BCUT2D eigenvalue weighted by Crippen LogP contribution is 2.34. The molecule has 0 aromatic heterocycles. The molecule has 0 bridgehead atoms. The van der Waals surface area contributed by atoms with Crippen LogP contribution in [0.2, 0.25) is 0 Å². The van der Waals surface area contributed by atoms with Gasteiger partial charge in [0.25, 0.3) is 0 Å². The fourth-order valence-corrected chi connectivity index (χ4v) is 3.24. The molecule has 0 radical (unpaired) electrons. The number of urea groups is 1. The molecule has 29 heavy (non-hydrogen) atoms. The zero-order chi connectivity index (χ0) is 21.0. The Hall–Kier alpha value is -3.42. The van der Waals surface area contributed by atoms with Crippen LogP contribution in [0.4, 0.5) is 16.2 Å². The first-order valence-electron chi connectivity index (χ1n) is 9.19. The molecule has 0 atom stereocenters. The number of rotatable bonds is 7. The second kappa shape index (κ2) is 8.72. The Bertz CT molecular complexity index is 915. The number of nitrogens with one attached hydrogen (secondary N) is 1. The Balaban J connectivity index is 1.71. The van der Waals surface area contributed by atoms with Crippen molar-refractivity contribution in [2.75, 3.05) is 51.2 Å². The third-order valence-electron chi connectivity index (χ3n) is 4.74. The summed E-state index contributed by atoms with van der Waals surface area (Å²) in [5, 5.41) is 2.82. The quantitative estimate of drug-likeness (QED) is 0.774. The van der Waals surface area contributed by atoms with Gasteiger partial charge >= 0.3 is 6.03 Å². The molecular formula is C21H25N3O5. The predicted octanol–water partition coefficient (Wildman–Crippen LogP) is 2.90. The van der Waals surface area contributed by atoms with Gasteiger partial charge in [-0.05, 0) is 36.8 Å². The molecule has 8 heteroatoms. The molecule has 1 saturated heterocycles. The number of hydrogen-bond donors (Lipinski definition) is 1. The Morgan fingerprint density at radius 2 is 1.72 bits per heavy atom. The first kappa shape index (κ1) is 20.3. The lowest BCUT2D eigenvalue weighted by Gasteiger charge is -2.21. The molecule has 8 nitrogen and oxygen atoms in total. The third-order valence-corrected chi connectivity index (χ3v) is 4.74. The van der Waals surface area contributed by atoms with Crippen LogP contribution in [0, 0.1) is 6.92 Å². The van der Waals surface area contributed by atoms with Gasteiger partial charge in [-0.15, -0.1) is 0 Å². The summed E-state index contributed by atoms with van der Waals surface area (Å²) >= 11 is 0. The monoisotopic (exact) mass is 399 g/mol. The van der Waals surface area contributed by atoms with Gasteiger partial charge in [-0.3, -0.25) is 9.69 Å². The predicted molar refractivity (Wildman–Crippen MR) is 110 cm³/mol. The minimum atomic E-state index is -0.290. The molecule has 1 aliphatic heterocycles. The molecule has 2 aromatic carbocycles. The average Bonchev–Trinajstić information content (AvgIpc) is 3.07. The molecule has 2 aromatic rings. The highest BCUT2D eigenvalue weighted by molar-refractivity contribution is 6.00. The van der Waals surface area contributed by atoms with E-state index in [9.17, 15) is 9.59 Å². The van der Waals surface area contributed by atoms with Crippen LogP contribution in [0.25, 0.3) is 0 Å². The van der Waals surface area contributed by atoms with Gasteiger partial charge in [0.15, 0.2) is 0 Å². The summed E-state index contributed by atoms with van der Waals surface area (Å²) in [4.78, 5) is 28.5. The van der Waals surface area contributed by atoms with Crippen LogP contribution in [0.5, 0.6) is 17.2 Å². The van der Waals surface area contributed by atoms with Crippen molar-refractivity contribution in [3.8, 4) is 17.2 Å². The number of benzene rings is 2. The SMILES string of the molecule is COc1ccc(OC)c(N2CCN(CC(=O)Nc3cc(C)ccc3OC)C2=O)c1. The number of methoxy groups -OCH3 is 3. The van der Waals surface area contributed by atoms with Crippen molar-refractivity contribution >= 4 is 23.3 Å². The number of anilines is 2. The number of ether oxygens (including phenoxy) is 3. The maximum atomic E-state index is 12.9. The molecule has 1 heterocycles. The van der Waals surface area contributed by atoms with Crippen LogP contribution >= 0.6 is 0 Å². The molecule has 154 valence electrons.